The van der Waals surface area contributed by atoms with E-state index in [0.29, 0.717) is 18.1 Å². The average Bonchev–Trinajstić information content (AvgIpc) is 2.34. The maximum Gasteiger partial charge on any atom is 0.253 e. The number of ether oxygens (including phenoxy) is 2. The van der Waals surface area contributed by atoms with Crippen LogP contribution in [0.4, 0.5) is 0 Å². The molecule has 0 aliphatic rings. The van der Waals surface area contributed by atoms with Crippen LogP contribution in [-0.4, -0.2) is 29.7 Å². The van der Waals surface area contributed by atoms with Crippen LogP contribution in [0.25, 0.3) is 0 Å². The number of carbonyl (C=O) groups is 1. The third kappa shape index (κ3) is 4.46. The Hall–Kier alpha value is -1.52. The van der Waals surface area contributed by atoms with Crippen molar-refractivity contribution < 1.29 is 19.4 Å². The standard InChI is InChI=1S/C12H13ClO4/c1-2-7-16-10-5-3-4-6-11(10)17-8-9(14)12(13)15/h2-6,9,14H,1,7-8H2. The van der Waals surface area contributed by atoms with Crippen LogP contribution in [0, 0.1) is 0 Å². The molecule has 1 N–H and O–H groups in total. The summed E-state index contributed by atoms with van der Waals surface area (Å²) in [6, 6.07) is 6.93. The molecule has 0 bridgehead atoms. The molecule has 1 unspecified atom stereocenters. The highest BCUT2D eigenvalue weighted by Gasteiger charge is 2.14. The lowest BCUT2D eigenvalue weighted by Gasteiger charge is -2.12. The molecule has 0 fully saturated rings. The Morgan fingerprint density at radius 2 is 2.00 bits per heavy atom. The van der Waals surface area contributed by atoms with Crippen molar-refractivity contribution in [3.63, 3.8) is 0 Å². The second-order valence-electron chi connectivity index (χ2n) is 3.18. The molecule has 0 saturated heterocycles. The molecule has 0 aromatic heterocycles. The minimum absolute atomic E-state index is 0.212. The SMILES string of the molecule is C=CCOc1ccccc1OCC(O)C(=O)Cl. The van der Waals surface area contributed by atoms with Gasteiger partial charge in [0.25, 0.3) is 5.24 Å². The molecule has 1 rings (SSSR count). The summed E-state index contributed by atoms with van der Waals surface area (Å²) in [6.45, 7) is 3.67. The molecule has 0 radical (unpaired) electrons. The lowest BCUT2D eigenvalue weighted by Crippen LogP contribution is -2.23. The summed E-state index contributed by atoms with van der Waals surface area (Å²) in [5.74, 6) is 0.952. The normalized spacial score (nSPS) is 11.6. The molecule has 0 amide bonds. The van der Waals surface area contributed by atoms with E-state index in [1.54, 1.807) is 30.3 Å². The van der Waals surface area contributed by atoms with E-state index in [0.717, 1.165) is 0 Å². The molecular formula is C12H13ClO4. The minimum Gasteiger partial charge on any atom is -0.486 e. The molecular weight excluding hydrogens is 244 g/mol. The number of hydrogen-bond donors (Lipinski definition) is 1. The van der Waals surface area contributed by atoms with E-state index in [4.69, 9.17) is 21.1 Å². The number of aliphatic hydroxyl groups is 1. The van der Waals surface area contributed by atoms with Crippen LogP contribution in [0.3, 0.4) is 0 Å². The smallest absolute Gasteiger partial charge is 0.253 e. The van der Waals surface area contributed by atoms with Gasteiger partial charge in [0.15, 0.2) is 17.6 Å². The van der Waals surface area contributed by atoms with Gasteiger partial charge in [-0.05, 0) is 23.7 Å². The highest BCUT2D eigenvalue weighted by Crippen LogP contribution is 2.26. The zero-order valence-corrected chi connectivity index (χ0v) is 9.89. The molecule has 0 spiro atoms. The first kappa shape index (κ1) is 13.5. The van der Waals surface area contributed by atoms with Crippen LogP contribution in [0.15, 0.2) is 36.9 Å². The molecule has 0 heterocycles. The van der Waals surface area contributed by atoms with Crippen molar-refractivity contribution >= 4 is 16.8 Å². The van der Waals surface area contributed by atoms with Gasteiger partial charge in [0, 0.05) is 0 Å². The molecule has 0 aliphatic carbocycles. The van der Waals surface area contributed by atoms with Crippen LogP contribution in [0.1, 0.15) is 0 Å². The van der Waals surface area contributed by atoms with Crippen molar-refractivity contribution in [2.75, 3.05) is 13.2 Å². The first-order valence-electron chi connectivity index (χ1n) is 4.98. The van der Waals surface area contributed by atoms with Crippen molar-refractivity contribution in [1.82, 2.24) is 0 Å². The number of para-hydroxylation sites is 2. The van der Waals surface area contributed by atoms with E-state index in [2.05, 4.69) is 6.58 Å². The molecule has 4 nitrogen and oxygen atoms in total. The Labute approximate surface area is 104 Å². The fourth-order valence-electron chi connectivity index (χ4n) is 1.07. The maximum absolute atomic E-state index is 10.6. The topological polar surface area (TPSA) is 55.8 Å². The summed E-state index contributed by atoms with van der Waals surface area (Å²) in [7, 11) is 0. The summed E-state index contributed by atoms with van der Waals surface area (Å²) in [5.41, 5.74) is 0. The van der Waals surface area contributed by atoms with E-state index < -0.39 is 11.3 Å². The van der Waals surface area contributed by atoms with Gasteiger partial charge in [-0.3, -0.25) is 4.79 Å². The highest BCUT2D eigenvalue weighted by molar-refractivity contribution is 6.64. The Balaban J connectivity index is 2.63. The number of benzene rings is 1. The molecule has 0 aliphatic heterocycles. The number of hydrogen-bond acceptors (Lipinski definition) is 4. The van der Waals surface area contributed by atoms with Gasteiger partial charge < -0.3 is 14.6 Å². The molecule has 92 valence electrons. The maximum atomic E-state index is 10.6. The van der Waals surface area contributed by atoms with Crippen molar-refractivity contribution in [3.05, 3.63) is 36.9 Å². The second-order valence-corrected chi connectivity index (χ2v) is 3.55. The summed E-state index contributed by atoms with van der Waals surface area (Å²) in [4.78, 5) is 10.6. The largest absolute Gasteiger partial charge is 0.486 e. The summed E-state index contributed by atoms with van der Waals surface area (Å²) in [6.07, 6.45) is 0.262. The Bertz CT molecular complexity index is 392. The fraction of sp³-hybridized carbons (Fsp3) is 0.250. The van der Waals surface area contributed by atoms with Crippen LogP contribution in [0.2, 0.25) is 0 Å². The molecule has 17 heavy (non-hydrogen) atoms. The molecule has 1 aromatic carbocycles. The van der Waals surface area contributed by atoms with Crippen molar-refractivity contribution in [2.45, 2.75) is 6.10 Å². The van der Waals surface area contributed by atoms with Gasteiger partial charge in [0.05, 0.1) is 0 Å². The Kier molecular flexibility index (Phi) is 5.52. The average molecular weight is 257 g/mol. The van der Waals surface area contributed by atoms with Gasteiger partial charge in [0.2, 0.25) is 0 Å². The van der Waals surface area contributed by atoms with Crippen molar-refractivity contribution in [1.29, 1.82) is 0 Å². The van der Waals surface area contributed by atoms with Gasteiger partial charge in [-0.2, -0.15) is 0 Å². The highest BCUT2D eigenvalue weighted by atomic mass is 35.5. The predicted octanol–water partition coefficient (Wildman–Crippen LogP) is 1.76. The molecule has 1 atom stereocenters. The lowest BCUT2D eigenvalue weighted by molar-refractivity contribution is -0.120. The quantitative estimate of drug-likeness (QED) is 0.597. The van der Waals surface area contributed by atoms with E-state index in [-0.39, 0.29) is 6.61 Å². The van der Waals surface area contributed by atoms with Crippen LogP contribution in [0.5, 0.6) is 11.5 Å². The zero-order chi connectivity index (χ0) is 12.7. The molecule has 1 aromatic rings. The Morgan fingerprint density at radius 3 is 2.53 bits per heavy atom. The van der Waals surface area contributed by atoms with Gasteiger partial charge in [0.1, 0.15) is 13.2 Å². The third-order valence-corrected chi connectivity index (χ3v) is 2.12. The second kappa shape index (κ2) is 6.93. The van der Waals surface area contributed by atoms with Crippen molar-refractivity contribution in [2.24, 2.45) is 0 Å². The number of rotatable bonds is 7. The number of aliphatic hydroxyl groups excluding tert-OH is 1. The predicted molar refractivity (Wildman–Crippen MR) is 64.5 cm³/mol. The van der Waals surface area contributed by atoms with E-state index in [1.165, 1.54) is 0 Å². The lowest BCUT2D eigenvalue weighted by atomic mass is 10.3. The minimum atomic E-state index is -1.34. The van der Waals surface area contributed by atoms with Gasteiger partial charge in [-0.15, -0.1) is 0 Å². The molecule has 5 heteroatoms. The summed E-state index contributed by atoms with van der Waals surface area (Å²) in [5, 5.41) is 8.34. The monoisotopic (exact) mass is 256 g/mol. The Morgan fingerprint density at radius 1 is 1.41 bits per heavy atom. The van der Waals surface area contributed by atoms with E-state index in [1.807, 2.05) is 0 Å². The van der Waals surface area contributed by atoms with Crippen LogP contribution in [-0.2, 0) is 4.79 Å². The van der Waals surface area contributed by atoms with Gasteiger partial charge in [-0.1, -0.05) is 24.8 Å². The van der Waals surface area contributed by atoms with E-state index in [9.17, 15) is 9.90 Å². The van der Waals surface area contributed by atoms with Crippen LogP contribution < -0.4 is 9.47 Å². The van der Waals surface area contributed by atoms with Crippen molar-refractivity contribution in [3.8, 4) is 11.5 Å². The number of halogens is 1. The van der Waals surface area contributed by atoms with Gasteiger partial charge in [-0.25, -0.2) is 0 Å². The van der Waals surface area contributed by atoms with E-state index >= 15 is 0 Å². The summed E-state index contributed by atoms with van der Waals surface area (Å²) < 4.78 is 10.6. The third-order valence-electron chi connectivity index (χ3n) is 1.86. The number of carbonyl (C=O) groups excluding carboxylic acids is 1. The zero-order valence-electron chi connectivity index (χ0n) is 9.14. The summed E-state index contributed by atoms with van der Waals surface area (Å²) >= 11 is 5.10. The fourth-order valence-corrected chi connectivity index (χ4v) is 1.13. The molecule has 0 saturated carbocycles. The first-order chi connectivity index (χ1) is 8.15. The first-order valence-corrected chi connectivity index (χ1v) is 5.36. The van der Waals surface area contributed by atoms with Crippen LogP contribution >= 0.6 is 11.6 Å². The van der Waals surface area contributed by atoms with Gasteiger partial charge >= 0.3 is 0 Å².